The lowest BCUT2D eigenvalue weighted by Gasteiger charge is -2.13. The van der Waals surface area contributed by atoms with Gasteiger partial charge in [0.1, 0.15) is 5.75 Å². The van der Waals surface area contributed by atoms with Gasteiger partial charge in [-0.2, -0.15) is 0 Å². The van der Waals surface area contributed by atoms with Gasteiger partial charge in [-0.1, -0.05) is 35.9 Å². The van der Waals surface area contributed by atoms with Crippen molar-refractivity contribution in [2.45, 2.75) is 19.1 Å². The van der Waals surface area contributed by atoms with E-state index in [0.717, 1.165) is 11.5 Å². The van der Waals surface area contributed by atoms with E-state index < -0.39 is 0 Å². The summed E-state index contributed by atoms with van der Waals surface area (Å²) in [6.07, 6.45) is 0. The van der Waals surface area contributed by atoms with Crippen LogP contribution in [-0.2, 0) is 4.79 Å². The van der Waals surface area contributed by atoms with Gasteiger partial charge in [-0.15, -0.1) is 11.8 Å². The van der Waals surface area contributed by atoms with Gasteiger partial charge in [0.2, 0.25) is 5.91 Å². The van der Waals surface area contributed by atoms with Gasteiger partial charge in [0.15, 0.2) is 0 Å². The van der Waals surface area contributed by atoms with E-state index in [1.54, 1.807) is 23.9 Å². The van der Waals surface area contributed by atoms with Crippen LogP contribution in [0.5, 0.6) is 5.75 Å². The van der Waals surface area contributed by atoms with E-state index in [4.69, 9.17) is 16.3 Å². The van der Waals surface area contributed by atoms with E-state index in [2.05, 4.69) is 5.32 Å². The highest BCUT2D eigenvalue weighted by Gasteiger charge is 2.14. The fraction of sp³-hybridized carbons (Fsp3) is 0.278. The smallest absolute Gasteiger partial charge is 0.237 e. The summed E-state index contributed by atoms with van der Waals surface area (Å²) in [5.41, 5.74) is 1.81. The topological polar surface area (TPSA) is 38.3 Å². The minimum absolute atomic E-state index is 0.0568. The largest absolute Gasteiger partial charge is 0.493 e. The molecule has 1 N–H and O–H groups in total. The zero-order valence-corrected chi connectivity index (χ0v) is 14.8. The lowest BCUT2D eigenvalue weighted by molar-refractivity contribution is -0.115. The van der Waals surface area contributed by atoms with Crippen LogP contribution in [0.1, 0.15) is 12.5 Å². The molecule has 0 saturated heterocycles. The maximum atomic E-state index is 12.1. The molecular weight excluding hydrogens is 330 g/mol. The molecule has 0 aliphatic heterocycles. The Labute approximate surface area is 146 Å². The number of amides is 1. The first-order valence-corrected chi connectivity index (χ1v) is 8.85. The van der Waals surface area contributed by atoms with Crippen molar-refractivity contribution < 1.29 is 9.53 Å². The van der Waals surface area contributed by atoms with Crippen molar-refractivity contribution >= 4 is 35.0 Å². The second-order valence-electron chi connectivity index (χ2n) is 5.15. The zero-order valence-electron chi connectivity index (χ0n) is 13.2. The summed E-state index contributed by atoms with van der Waals surface area (Å²) in [7, 11) is 0. The van der Waals surface area contributed by atoms with Crippen LogP contribution >= 0.6 is 23.4 Å². The van der Waals surface area contributed by atoms with Crippen molar-refractivity contribution in [3.8, 4) is 5.75 Å². The number of aryl methyl sites for hydroxylation is 1. The molecule has 0 radical (unpaired) electrons. The number of thioether (sulfide) groups is 1. The predicted octanol–water partition coefficient (Wildman–Crippen LogP) is 4.79. The summed E-state index contributed by atoms with van der Waals surface area (Å²) in [5, 5.41) is 3.21. The van der Waals surface area contributed by atoms with Crippen LogP contribution in [-0.4, -0.2) is 23.5 Å². The summed E-state index contributed by atoms with van der Waals surface area (Å²) in [6.45, 7) is 4.48. The maximum Gasteiger partial charge on any atom is 0.237 e. The van der Waals surface area contributed by atoms with Crippen molar-refractivity contribution in [2.75, 3.05) is 17.7 Å². The fourth-order valence-electron chi connectivity index (χ4n) is 1.96. The molecule has 23 heavy (non-hydrogen) atoms. The SMILES string of the molecule is Cc1cccc(OCCSC(C)C(=O)Nc2ccccc2Cl)c1. The molecule has 2 rings (SSSR count). The Morgan fingerprint density at radius 2 is 2.04 bits per heavy atom. The molecule has 1 unspecified atom stereocenters. The standard InChI is InChI=1S/C18H20ClNO2S/c1-13-6-5-7-15(12-13)22-10-11-23-14(2)18(21)20-17-9-4-3-8-16(17)19/h3-9,12,14H,10-11H2,1-2H3,(H,20,21). The van der Waals surface area contributed by atoms with Gasteiger partial charge < -0.3 is 10.1 Å². The van der Waals surface area contributed by atoms with Gasteiger partial charge in [0, 0.05) is 5.75 Å². The molecule has 1 atom stereocenters. The van der Waals surface area contributed by atoms with Gasteiger partial charge in [-0.3, -0.25) is 4.79 Å². The van der Waals surface area contributed by atoms with E-state index >= 15 is 0 Å². The van der Waals surface area contributed by atoms with Crippen LogP contribution < -0.4 is 10.1 Å². The molecule has 0 fully saturated rings. The zero-order chi connectivity index (χ0) is 16.7. The second kappa shape index (κ2) is 8.85. The Hall–Kier alpha value is -1.65. The molecule has 0 aromatic heterocycles. The number of benzene rings is 2. The number of rotatable bonds is 7. The predicted molar refractivity (Wildman–Crippen MR) is 98.7 cm³/mol. The minimum atomic E-state index is -0.174. The molecule has 0 aliphatic carbocycles. The highest BCUT2D eigenvalue weighted by Crippen LogP contribution is 2.22. The number of para-hydroxylation sites is 1. The fourth-order valence-corrected chi connectivity index (χ4v) is 2.89. The monoisotopic (exact) mass is 349 g/mol. The quantitative estimate of drug-likeness (QED) is 0.730. The summed E-state index contributed by atoms with van der Waals surface area (Å²) in [6, 6.07) is 15.2. The van der Waals surface area contributed by atoms with Crippen LogP contribution in [0.3, 0.4) is 0 Å². The molecule has 0 bridgehead atoms. The van der Waals surface area contributed by atoms with Crippen LogP contribution in [0.15, 0.2) is 48.5 Å². The number of carbonyl (C=O) groups is 1. The summed E-state index contributed by atoms with van der Waals surface area (Å²) < 4.78 is 5.68. The van der Waals surface area contributed by atoms with Gasteiger partial charge in [0.05, 0.1) is 22.6 Å². The number of anilines is 1. The van der Waals surface area contributed by atoms with Gasteiger partial charge in [-0.25, -0.2) is 0 Å². The van der Waals surface area contributed by atoms with Gasteiger partial charge >= 0.3 is 0 Å². The average Bonchev–Trinajstić information content (AvgIpc) is 2.53. The number of nitrogens with one attached hydrogen (secondary N) is 1. The number of hydrogen-bond donors (Lipinski definition) is 1. The first-order chi connectivity index (χ1) is 11.1. The van der Waals surface area contributed by atoms with Crippen LogP contribution in [0.25, 0.3) is 0 Å². The third-order valence-corrected chi connectivity index (χ3v) is 4.66. The Morgan fingerprint density at radius 3 is 2.78 bits per heavy atom. The van der Waals surface area contributed by atoms with E-state index in [-0.39, 0.29) is 11.2 Å². The number of carbonyl (C=O) groups excluding carboxylic acids is 1. The Morgan fingerprint density at radius 1 is 1.26 bits per heavy atom. The highest BCUT2D eigenvalue weighted by atomic mass is 35.5. The Kier molecular flexibility index (Phi) is 6.81. The number of hydrogen-bond acceptors (Lipinski definition) is 3. The molecule has 3 nitrogen and oxygen atoms in total. The van der Waals surface area contributed by atoms with Crippen LogP contribution in [0, 0.1) is 6.92 Å². The average molecular weight is 350 g/mol. The third-order valence-electron chi connectivity index (χ3n) is 3.21. The molecule has 5 heteroatoms. The second-order valence-corrected chi connectivity index (χ2v) is 7.00. The van der Waals surface area contributed by atoms with E-state index in [1.165, 1.54) is 5.56 Å². The molecule has 0 aliphatic rings. The third kappa shape index (κ3) is 5.81. The van der Waals surface area contributed by atoms with Gasteiger partial charge in [-0.05, 0) is 43.7 Å². The number of ether oxygens (including phenoxy) is 1. The van der Waals surface area contributed by atoms with E-state index in [1.807, 2.05) is 50.2 Å². The van der Waals surface area contributed by atoms with E-state index in [9.17, 15) is 4.79 Å². The van der Waals surface area contributed by atoms with Crippen molar-refractivity contribution in [3.63, 3.8) is 0 Å². The molecule has 2 aromatic carbocycles. The lowest BCUT2D eigenvalue weighted by Crippen LogP contribution is -2.23. The molecule has 0 spiro atoms. The highest BCUT2D eigenvalue weighted by molar-refractivity contribution is 8.00. The first kappa shape index (κ1) is 17.7. The first-order valence-electron chi connectivity index (χ1n) is 7.43. The Bertz CT molecular complexity index is 663. The summed E-state index contributed by atoms with van der Waals surface area (Å²) in [4.78, 5) is 12.1. The van der Waals surface area contributed by atoms with Crippen molar-refractivity contribution in [1.82, 2.24) is 0 Å². The Balaban J connectivity index is 1.73. The van der Waals surface area contributed by atoms with Crippen LogP contribution in [0.4, 0.5) is 5.69 Å². The molecule has 0 heterocycles. The van der Waals surface area contributed by atoms with Crippen LogP contribution in [0.2, 0.25) is 5.02 Å². The molecule has 1 amide bonds. The maximum absolute atomic E-state index is 12.1. The van der Waals surface area contributed by atoms with Crippen molar-refractivity contribution in [3.05, 3.63) is 59.1 Å². The summed E-state index contributed by atoms with van der Waals surface area (Å²) in [5.74, 6) is 1.54. The summed E-state index contributed by atoms with van der Waals surface area (Å²) >= 11 is 7.59. The minimum Gasteiger partial charge on any atom is -0.493 e. The van der Waals surface area contributed by atoms with Gasteiger partial charge in [0.25, 0.3) is 0 Å². The normalized spacial score (nSPS) is 11.8. The number of halogens is 1. The molecular formula is C18H20ClNO2S. The molecule has 0 saturated carbocycles. The van der Waals surface area contributed by atoms with Crippen molar-refractivity contribution in [1.29, 1.82) is 0 Å². The lowest BCUT2D eigenvalue weighted by atomic mass is 10.2. The van der Waals surface area contributed by atoms with E-state index in [0.29, 0.717) is 17.3 Å². The molecule has 122 valence electrons. The molecule has 2 aromatic rings. The van der Waals surface area contributed by atoms with Crippen molar-refractivity contribution in [2.24, 2.45) is 0 Å².